The monoisotopic (exact) mass is 187 g/mol. The quantitative estimate of drug-likeness (QED) is 0.726. The summed E-state index contributed by atoms with van der Waals surface area (Å²) in [5, 5.41) is 8.36. The topological polar surface area (TPSA) is 62.7 Å². The first-order valence-electron chi connectivity index (χ1n) is 3.20. The second-order valence-corrected chi connectivity index (χ2v) is 2.21. The first-order chi connectivity index (χ1) is 6.06. The van der Waals surface area contributed by atoms with Gasteiger partial charge in [0.15, 0.2) is 11.5 Å². The van der Waals surface area contributed by atoms with E-state index < -0.39 is 23.6 Å². The number of halogens is 3. The number of pyridine rings is 1. The SMILES string of the molecule is N#Cc1nc(C(F)F)c(F)cc1N. The van der Waals surface area contributed by atoms with Crippen LogP contribution in [-0.4, -0.2) is 4.98 Å². The van der Waals surface area contributed by atoms with Crippen molar-refractivity contribution in [2.24, 2.45) is 0 Å². The zero-order valence-electron chi connectivity index (χ0n) is 6.26. The molecular formula is C7H4F3N3. The maximum atomic E-state index is 12.7. The molecule has 1 rings (SSSR count). The summed E-state index contributed by atoms with van der Waals surface area (Å²) >= 11 is 0. The molecule has 68 valence electrons. The summed E-state index contributed by atoms with van der Waals surface area (Å²) in [7, 11) is 0. The van der Waals surface area contributed by atoms with Gasteiger partial charge in [-0.1, -0.05) is 0 Å². The van der Waals surface area contributed by atoms with E-state index in [2.05, 4.69) is 4.98 Å². The van der Waals surface area contributed by atoms with Gasteiger partial charge in [0.1, 0.15) is 11.8 Å². The molecule has 0 saturated carbocycles. The van der Waals surface area contributed by atoms with E-state index in [1.54, 1.807) is 0 Å². The van der Waals surface area contributed by atoms with Crippen molar-refractivity contribution in [2.75, 3.05) is 5.73 Å². The van der Waals surface area contributed by atoms with Gasteiger partial charge in [-0.2, -0.15) is 5.26 Å². The highest BCUT2D eigenvalue weighted by molar-refractivity contribution is 5.50. The van der Waals surface area contributed by atoms with Crippen LogP contribution in [0.1, 0.15) is 17.8 Å². The second kappa shape index (κ2) is 3.31. The number of nitrogen functional groups attached to an aromatic ring is 1. The van der Waals surface area contributed by atoms with Crippen LogP contribution in [-0.2, 0) is 0 Å². The molecule has 0 fully saturated rings. The average molecular weight is 187 g/mol. The lowest BCUT2D eigenvalue weighted by Gasteiger charge is -2.02. The van der Waals surface area contributed by atoms with Crippen molar-refractivity contribution in [2.45, 2.75) is 6.43 Å². The summed E-state index contributed by atoms with van der Waals surface area (Å²) in [6, 6.07) is 2.14. The van der Waals surface area contributed by atoms with Gasteiger partial charge in [-0.15, -0.1) is 0 Å². The van der Waals surface area contributed by atoms with Gasteiger partial charge in [0.05, 0.1) is 5.69 Å². The fourth-order valence-corrected chi connectivity index (χ4v) is 0.760. The lowest BCUT2D eigenvalue weighted by molar-refractivity contribution is 0.140. The number of nitrogens with zero attached hydrogens (tertiary/aromatic N) is 2. The molecule has 2 N–H and O–H groups in total. The number of nitriles is 1. The van der Waals surface area contributed by atoms with Crippen molar-refractivity contribution >= 4 is 5.69 Å². The normalized spacial score (nSPS) is 10.1. The van der Waals surface area contributed by atoms with Gasteiger partial charge in [0.2, 0.25) is 0 Å². The lowest BCUT2D eigenvalue weighted by atomic mass is 10.2. The molecule has 0 unspecified atom stereocenters. The van der Waals surface area contributed by atoms with E-state index in [-0.39, 0.29) is 5.69 Å². The fraction of sp³-hybridized carbons (Fsp3) is 0.143. The van der Waals surface area contributed by atoms with Crippen LogP contribution in [0.2, 0.25) is 0 Å². The number of rotatable bonds is 1. The Morgan fingerprint density at radius 3 is 2.62 bits per heavy atom. The van der Waals surface area contributed by atoms with Crippen LogP contribution in [0.3, 0.4) is 0 Å². The summed E-state index contributed by atoms with van der Waals surface area (Å²) in [4.78, 5) is 3.08. The summed E-state index contributed by atoms with van der Waals surface area (Å²) in [6.45, 7) is 0. The Balaban J connectivity index is 3.33. The Morgan fingerprint density at radius 2 is 2.15 bits per heavy atom. The minimum Gasteiger partial charge on any atom is -0.396 e. The highest BCUT2D eigenvalue weighted by Gasteiger charge is 2.17. The van der Waals surface area contributed by atoms with Crippen LogP contribution < -0.4 is 5.73 Å². The molecule has 1 heterocycles. The van der Waals surface area contributed by atoms with Crippen molar-refractivity contribution in [3.8, 4) is 6.07 Å². The van der Waals surface area contributed by atoms with Gasteiger partial charge in [0.25, 0.3) is 6.43 Å². The molecule has 1 aromatic heterocycles. The van der Waals surface area contributed by atoms with Crippen LogP contribution in [0.4, 0.5) is 18.9 Å². The molecule has 3 nitrogen and oxygen atoms in total. The maximum Gasteiger partial charge on any atom is 0.283 e. The van der Waals surface area contributed by atoms with Crippen LogP contribution >= 0.6 is 0 Å². The first kappa shape index (κ1) is 9.32. The molecule has 0 bridgehead atoms. The third kappa shape index (κ3) is 1.69. The smallest absolute Gasteiger partial charge is 0.283 e. The fourth-order valence-electron chi connectivity index (χ4n) is 0.760. The molecule has 0 aromatic carbocycles. The molecule has 0 aliphatic rings. The molecule has 0 saturated heterocycles. The molecule has 0 amide bonds. The highest BCUT2D eigenvalue weighted by atomic mass is 19.3. The van der Waals surface area contributed by atoms with Crippen LogP contribution in [0, 0.1) is 17.1 Å². The van der Waals surface area contributed by atoms with Gasteiger partial charge in [0, 0.05) is 6.07 Å². The number of nitrogens with two attached hydrogens (primary N) is 1. The maximum absolute atomic E-state index is 12.7. The number of anilines is 1. The van der Waals surface area contributed by atoms with Crippen molar-refractivity contribution < 1.29 is 13.2 Å². The number of hydrogen-bond acceptors (Lipinski definition) is 3. The van der Waals surface area contributed by atoms with Gasteiger partial charge in [-0.3, -0.25) is 0 Å². The third-order valence-corrected chi connectivity index (χ3v) is 1.35. The van der Waals surface area contributed by atoms with E-state index in [1.807, 2.05) is 0 Å². The summed E-state index contributed by atoms with van der Waals surface area (Å²) in [6.07, 6.45) is -3.05. The molecule has 6 heteroatoms. The molecule has 1 aromatic rings. The minimum absolute atomic E-state index is 0.246. The van der Waals surface area contributed by atoms with Crippen LogP contribution in [0.25, 0.3) is 0 Å². The molecule has 13 heavy (non-hydrogen) atoms. The van der Waals surface area contributed by atoms with Crippen LogP contribution in [0.5, 0.6) is 0 Å². The Hall–Kier alpha value is -1.77. The van der Waals surface area contributed by atoms with Gasteiger partial charge < -0.3 is 5.73 Å². The molecule has 0 radical (unpaired) electrons. The molecule has 0 aliphatic heterocycles. The zero-order valence-corrected chi connectivity index (χ0v) is 6.26. The van der Waals surface area contributed by atoms with E-state index in [0.29, 0.717) is 6.07 Å². The summed E-state index contributed by atoms with van der Waals surface area (Å²) in [5.41, 5.74) is 3.44. The van der Waals surface area contributed by atoms with E-state index in [1.165, 1.54) is 6.07 Å². The van der Waals surface area contributed by atoms with Crippen molar-refractivity contribution in [1.82, 2.24) is 4.98 Å². The van der Waals surface area contributed by atoms with Gasteiger partial charge >= 0.3 is 0 Å². The lowest BCUT2D eigenvalue weighted by Crippen LogP contribution is -2.02. The molecule has 0 spiro atoms. The van der Waals surface area contributed by atoms with E-state index in [0.717, 1.165) is 0 Å². The van der Waals surface area contributed by atoms with Crippen molar-refractivity contribution in [1.29, 1.82) is 5.26 Å². The van der Waals surface area contributed by atoms with E-state index in [4.69, 9.17) is 11.0 Å². The Kier molecular flexibility index (Phi) is 2.37. The summed E-state index contributed by atoms with van der Waals surface area (Å²) in [5.74, 6) is -1.20. The summed E-state index contributed by atoms with van der Waals surface area (Å²) < 4.78 is 36.7. The average Bonchev–Trinajstić information content (AvgIpc) is 2.03. The van der Waals surface area contributed by atoms with E-state index in [9.17, 15) is 13.2 Å². The Bertz CT molecular complexity index is 370. The number of aromatic nitrogens is 1. The largest absolute Gasteiger partial charge is 0.396 e. The Morgan fingerprint density at radius 1 is 1.54 bits per heavy atom. The van der Waals surface area contributed by atoms with Crippen molar-refractivity contribution in [3.63, 3.8) is 0 Å². The van der Waals surface area contributed by atoms with Crippen LogP contribution in [0.15, 0.2) is 6.07 Å². The second-order valence-electron chi connectivity index (χ2n) is 2.21. The minimum atomic E-state index is -3.05. The Labute approximate surface area is 71.6 Å². The standard InChI is InChI=1S/C7H4F3N3/c8-3-1-4(12)5(2-11)13-6(3)7(9)10/h1,7H,12H2. The molecule has 0 aliphatic carbocycles. The predicted molar refractivity (Wildman–Crippen MR) is 38.3 cm³/mol. The van der Waals surface area contributed by atoms with E-state index >= 15 is 0 Å². The van der Waals surface area contributed by atoms with Gasteiger partial charge in [-0.05, 0) is 0 Å². The molecule has 0 atom stereocenters. The third-order valence-electron chi connectivity index (χ3n) is 1.35. The number of hydrogen-bond donors (Lipinski definition) is 1. The van der Waals surface area contributed by atoms with Gasteiger partial charge in [-0.25, -0.2) is 18.2 Å². The predicted octanol–water partition coefficient (Wildman–Crippen LogP) is 1.61. The van der Waals surface area contributed by atoms with Crippen molar-refractivity contribution in [3.05, 3.63) is 23.3 Å². The first-order valence-corrected chi connectivity index (χ1v) is 3.20. The zero-order chi connectivity index (χ0) is 10.0. The number of alkyl halides is 2. The highest BCUT2D eigenvalue weighted by Crippen LogP contribution is 2.22. The molecular weight excluding hydrogens is 183 g/mol.